The van der Waals surface area contributed by atoms with E-state index < -0.39 is 5.91 Å². The van der Waals surface area contributed by atoms with Crippen molar-refractivity contribution < 1.29 is 14.7 Å². The lowest BCUT2D eigenvalue weighted by Crippen LogP contribution is -2.25. The summed E-state index contributed by atoms with van der Waals surface area (Å²) in [6, 6.07) is 13.8. The lowest BCUT2D eigenvalue weighted by Gasteiger charge is -2.15. The molecule has 0 aliphatic heterocycles. The molecule has 0 radical (unpaired) electrons. The molecule has 184 valence electrons. The molecule has 0 unspecified atom stereocenters. The number of amides is 2. The molecule has 0 fully saturated rings. The normalized spacial score (nSPS) is 11.4. The first-order chi connectivity index (χ1) is 17.2. The number of aromatic nitrogens is 1. The van der Waals surface area contributed by atoms with Crippen LogP contribution in [-0.2, 0) is 6.54 Å². The summed E-state index contributed by atoms with van der Waals surface area (Å²) in [4.78, 5) is 32.5. The SMILES string of the molecule is C/C(=N\NC(=O)c1ccc(C(=O)N(C)Cc2ccccn2)s1)c1csc(-c2ccc(Cl)c(Cl)c2)c1O. The Kier molecular flexibility index (Phi) is 8.05. The quantitative estimate of drug-likeness (QED) is 0.205. The van der Waals surface area contributed by atoms with E-state index in [1.807, 2.05) is 18.2 Å². The molecule has 11 heteroatoms. The van der Waals surface area contributed by atoms with Gasteiger partial charge in [0.15, 0.2) is 0 Å². The molecule has 0 atom stereocenters. The van der Waals surface area contributed by atoms with Crippen LogP contribution in [0.15, 0.2) is 65.2 Å². The number of nitrogens with zero attached hydrogens (tertiary/aromatic N) is 3. The molecular weight excluding hydrogens is 539 g/mol. The first-order valence-electron chi connectivity index (χ1n) is 10.6. The second kappa shape index (κ2) is 11.2. The van der Waals surface area contributed by atoms with Gasteiger partial charge in [0, 0.05) is 18.6 Å². The van der Waals surface area contributed by atoms with Crippen molar-refractivity contribution >= 4 is 63.4 Å². The molecule has 3 heterocycles. The van der Waals surface area contributed by atoms with Crippen LogP contribution in [-0.4, -0.2) is 39.6 Å². The van der Waals surface area contributed by atoms with Crippen LogP contribution in [0.5, 0.6) is 5.75 Å². The molecule has 3 aromatic heterocycles. The molecule has 1 aromatic carbocycles. The molecular formula is C25H20Cl2N4O3S2. The predicted octanol–water partition coefficient (Wildman–Crippen LogP) is 6.31. The highest BCUT2D eigenvalue weighted by Gasteiger charge is 2.19. The Balaban J connectivity index is 1.42. The minimum absolute atomic E-state index is 0.0360. The van der Waals surface area contributed by atoms with Crippen LogP contribution in [0.1, 0.15) is 37.5 Å². The number of nitrogens with one attached hydrogen (secondary N) is 1. The van der Waals surface area contributed by atoms with Crippen molar-refractivity contribution in [3.8, 4) is 16.2 Å². The molecule has 0 spiro atoms. The van der Waals surface area contributed by atoms with Crippen molar-refractivity contribution in [2.45, 2.75) is 13.5 Å². The Morgan fingerprint density at radius 2 is 1.89 bits per heavy atom. The Labute approximate surface area is 225 Å². The first-order valence-corrected chi connectivity index (χ1v) is 13.1. The molecule has 0 bridgehead atoms. The van der Waals surface area contributed by atoms with Crippen molar-refractivity contribution in [1.82, 2.24) is 15.3 Å². The summed E-state index contributed by atoms with van der Waals surface area (Å²) in [6.07, 6.45) is 1.67. The first kappa shape index (κ1) is 25.8. The number of carbonyl (C=O) groups is 2. The number of hydrazone groups is 1. The Bertz CT molecular complexity index is 1450. The fraction of sp³-hybridized carbons (Fsp3) is 0.120. The number of halogens is 2. The minimum Gasteiger partial charge on any atom is -0.506 e. The third-order valence-electron chi connectivity index (χ3n) is 5.17. The highest BCUT2D eigenvalue weighted by Crippen LogP contribution is 2.40. The molecule has 0 aliphatic carbocycles. The van der Waals surface area contributed by atoms with E-state index in [1.165, 1.54) is 11.3 Å². The molecule has 4 aromatic rings. The summed E-state index contributed by atoms with van der Waals surface area (Å²) in [5, 5.41) is 17.4. The minimum atomic E-state index is -0.454. The monoisotopic (exact) mass is 558 g/mol. The molecule has 7 nitrogen and oxygen atoms in total. The summed E-state index contributed by atoms with van der Waals surface area (Å²) < 4.78 is 0. The highest BCUT2D eigenvalue weighted by molar-refractivity contribution is 7.16. The molecule has 2 amide bonds. The number of rotatable bonds is 7. The second-order valence-electron chi connectivity index (χ2n) is 7.74. The van der Waals surface area contributed by atoms with Gasteiger partial charge in [-0.1, -0.05) is 35.3 Å². The molecule has 0 saturated heterocycles. The van der Waals surface area contributed by atoms with E-state index in [4.69, 9.17) is 23.2 Å². The smallest absolute Gasteiger partial charge is 0.281 e. The van der Waals surface area contributed by atoms with E-state index in [0.29, 0.717) is 42.5 Å². The zero-order chi connectivity index (χ0) is 25.8. The summed E-state index contributed by atoms with van der Waals surface area (Å²) in [6.45, 7) is 2.04. The third-order valence-corrected chi connectivity index (χ3v) is 8.00. The third kappa shape index (κ3) is 5.76. The van der Waals surface area contributed by atoms with Crippen molar-refractivity contribution in [3.63, 3.8) is 0 Å². The number of benzene rings is 1. The van der Waals surface area contributed by atoms with Crippen molar-refractivity contribution in [1.29, 1.82) is 0 Å². The second-order valence-corrected chi connectivity index (χ2v) is 10.5. The van der Waals surface area contributed by atoms with Gasteiger partial charge >= 0.3 is 0 Å². The maximum Gasteiger partial charge on any atom is 0.281 e. The topological polar surface area (TPSA) is 94.9 Å². The van der Waals surface area contributed by atoms with E-state index in [0.717, 1.165) is 22.6 Å². The lowest BCUT2D eigenvalue weighted by molar-refractivity contribution is 0.0788. The Hall–Kier alpha value is -3.24. The average Bonchev–Trinajstić information content (AvgIpc) is 3.51. The van der Waals surface area contributed by atoms with Gasteiger partial charge in [-0.25, -0.2) is 5.43 Å². The fourth-order valence-electron chi connectivity index (χ4n) is 3.27. The Morgan fingerprint density at radius 1 is 1.11 bits per heavy atom. The molecule has 4 rings (SSSR count). The van der Waals surface area contributed by atoms with Gasteiger partial charge in [0.05, 0.1) is 48.2 Å². The maximum atomic E-state index is 12.7. The predicted molar refractivity (Wildman–Crippen MR) is 145 cm³/mol. The molecule has 36 heavy (non-hydrogen) atoms. The number of pyridine rings is 1. The van der Waals surface area contributed by atoms with E-state index in [2.05, 4.69) is 15.5 Å². The van der Waals surface area contributed by atoms with Gasteiger partial charge in [0.1, 0.15) is 5.75 Å². The summed E-state index contributed by atoms with van der Waals surface area (Å²) in [5.41, 5.74) is 4.89. The summed E-state index contributed by atoms with van der Waals surface area (Å²) >= 11 is 14.5. The number of hydrogen-bond donors (Lipinski definition) is 2. The van der Waals surface area contributed by atoms with Gasteiger partial charge in [-0.05, 0) is 48.9 Å². The summed E-state index contributed by atoms with van der Waals surface area (Å²) in [5.74, 6) is -0.624. The highest BCUT2D eigenvalue weighted by atomic mass is 35.5. The van der Waals surface area contributed by atoms with Crippen LogP contribution in [0.2, 0.25) is 10.0 Å². The van der Waals surface area contributed by atoms with Gasteiger partial charge in [-0.3, -0.25) is 14.6 Å². The number of thiophene rings is 2. The van der Waals surface area contributed by atoms with Crippen LogP contribution in [0, 0.1) is 0 Å². The number of hydrogen-bond acceptors (Lipinski definition) is 7. The van der Waals surface area contributed by atoms with Crippen molar-refractivity contribution in [2.24, 2.45) is 5.10 Å². The van der Waals surface area contributed by atoms with Crippen LogP contribution >= 0.6 is 45.9 Å². The van der Waals surface area contributed by atoms with Crippen LogP contribution in [0.4, 0.5) is 0 Å². The van der Waals surface area contributed by atoms with Gasteiger partial charge in [-0.15, -0.1) is 22.7 Å². The largest absolute Gasteiger partial charge is 0.506 e. The van der Waals surface area contributed by atoms with Crippen LogP contribution in [0.3, 0.4) is 0 Å². The lowest BCUT2D eigenvalue weighted by atomic mass is 10.1. The van der Waals surface area contributed by atoms with E-state index >= 15 is 0 Å². The standard InChI is InChI=1S/C25H20Cl2N4O3S2/c1-14(17-13-35-23(22(17)32)15-6-7-18(26)19(27)11-15)29-30-24(33)20-8-9-21(36-20)25(34)31(2)12-16-5-3-4-10-28-16/h3-11,13,32H,12H2,1-2H3,(H,30,33)/b29-14+. The van der Waals surface area contributed by atoms with E-state index in [1.54, 1.807) is 60.8 Å². The van der Waals surface area contributed by atoms with Gasteiger partial charge in [0.25, 0.3) is 11.8 Å². The van der Waals surface area contributed by atoms with Gasteiger partial charge < -0.3 is 10.0 Å². The van der Waals surface area contributed by atoms with E-state index in [9.17, 15) is 14.7 Å². The Morgan fingerprint density at radius 3 is 2.61 bits per heavy atom. The van der Waals surface area contributed by atoms with Crippen molar-refractivity contribution in [2.75, 3.05) is 7.05 Å². The van der Waals surface area contributed by atoms with Crippen LogP contribution in [0.25, 0.3) is 10.4 Å². The number of carbonyl (C=O) groups excluding carboxylic acids is 2. The molecule has 0 saturated carbocycles. The van der Waals surface area contributed by atoms with Gasteiger partial charge in [-0.2, -0.15) is 5.10 Å². The average molecular weight is 560 g/mol. The summed E-state index contributed by atoms with van der Waals surface area (Å²) in [7, 11) is 1.68. The maximum absolute atomic E-state index is 12.7. The van der Waals surface area contributed by atoms with Crippen molar-refractivity contribution in [3.05, 3.63) is 91.2 Å². The van der Waals surface area contributed by atoms with Gasteiger partial charge in [0.2, 0.25) is 0 Å². The molecule has 0 aliphatic rings. The molecule has 2 N–H and O–H groups in total. The van der Waals surface area contributed by atoms with Crippen LogP contribution < -0.4 is 5.43 Å². The number of aromatic hydroxyl groups is 1. The zero-order valence-corrected chi connectivity index (χ0v) is 22.3. The zero-order valence-electron chi connectivity index (χ0n) is 19.2. The fourth-order valence-corrected chi connectivity index (χ4v) is 5.46. The van der Waals surface area contributed by atoms with E-state index in [-0.39, 0.29) is 11.7 Å².